The summed E-state index contributed by atoms with van der Waals surface area (Å²) in [5.41, 5.74) is 0. The van der Waals surface area contributed by atoms with Crippen LogP contribution in [0.3, 0.4) is 0 Å². The maximum Gasteiger partial charge on any atom is 0.407 e. The summed E-state index contributed by atoms with van der Waals surface area (Å²) in [7, 11) is 2.64. The second-order valence-electron chi connectivity index (χ2n) is 4.15. The molecule has 98 valence electrons. The molecule has 0 aromatic rings. The lowest BCUT2D eigenvalue weighted by Crippen LogP contribution is -2.42. The van der Waals surface area contributed by atoms with Crippen LogP contribution in [-0.4, -0.2) is 32.3 Å². The molecular weight excluding hydrogens is 222 g/mol. The Morgan fingerprint density at radius 3 is 2.12 bits per heavy atom. The van der Waals surface area contributed by atoms with Gasteiger partial charge in [-0.05, 0) is 11.8 Å². The molecular formula is C12H21NO4. The average Bonchev–Trinajstić information content (AvgIpc) is 2.31. The van der Waals surface area contributed by atoms with Crippen LogP contribution in [0.15, 0.2) is 12.2 Å². The van der Waals surface area contributed by atoms with Gasteiger partial charge in [0.15, 0.2) is 0 Å². The molecule has 0 rings (SSSR count). The number of esters is 1. The summed E-state index contributed by atoms with van der Waals surface area (Å²) in [5.74, 6) is -0.169. The summed E-state index contributed by atoms with van der Waals surface area (Å²) in [5, 5.41) is 2.74. The molecule has 0 aromatic carbocycles. The van der Waals surface area contributed by atoms with E-state index in [-0.39, 0.29) is 17.9 Å². The van der Waals surface area contributed by atoms with Gasteiger partial charge in [-0.2, -0.15) is 0 Å². The number of carbonyl (C=O) groups excluding carboxylic acids is 2. The molecule has 0 radical (unpaired) electrons. The Labute approximate surface area is 102 Å². The van der Waals surface area contributed by atoms with E-state index in [2.05, 4.69) is 14.8 Å². The zero-order valence-electron chi connectivity index (χ0n) is 11.0. The first kappa shape index (κ1) is 15.5. The number of rotatable bonds is 5. The van der Waals surface area contributed by atoms with Gasteiger partial charge in [0.2, 0.25) is 0 Å². The van der Waals surface area contributed by atoms with Crippen LogP contribution in [-0.2, 0) is 14.3 Å². The molecule has 0 aromatic heterocycles. The van der Waals surface area contributed by atoms with E-state index in [4.69, 9.17) is 0 Å². The maximum atomic E-state index is 11.2. The molecule has 0 heterocycles. The van der Waals surface area contributed by atoms with Crippen molar-refractivity contribution in [3.05, 3.63) is 12.2 Å². The van der Waals surface area contributed by atoms with Gasteiger partial charge in [-0.25, -0.2) is 9.59 Å². The fourth-order valence-electron chi connectivity index (χ4n) is 1.52. The fourth-order valence-corrected chi connectivity index (χ4v) is 1.52. The molecule has 1 N–H and O–H groups in total. The van der Waals surface area contributed by atoms with Gasteiger partial charge in [0.1, 0.15) is 0 Å². The summed E-state index contributed by atoms with van der Waals surface area (Å²) < 4.78 is 9.07. The van der Waals surface area contributed by atoms with Gasteiger partial charge in [-0.3, -0.25) is 0 Å². The normalized spacial score (nSPS) is 14.5. The van der Waals surface area contributed by atoms with Gasteiger partial charge in [-0.15, -0.1) is 0 Å². The smallest absolute Gasteiger partial charge is 0.407 e. The highest BCUT2D eigenvalue weighted by atomic mass is 16.5. The third kappa shape index (κ3) is 5.94. The molecule has 2 atom stereocenters. The Morgan fingerprint density at radius 2 is 1.71 bits per heavy atom. The monoisotopic (exact) mass is 243 g/mol. The summed E-state index contributed by atoms with van der Waals surface area (Å²) in [6, 6.07) is -0.0941. The highest BCUT2D eigenvalue weighted by molar-refractivity contribution is 5.81. The summed E-state index contributed by atoms with van der Waals surface area (Å²) >= 11 is 0. The third-order valence-corrected chi connectivity index (χ3v) is 2.49. The maximum absolute atomic E-state index is 11.2. The summed E-state index contributed by atoms with van der Waals surface area (Å²) in [6.45, 7) is 5.90. The van der Waals surface area contributed by atoms with E-state index in [9.17, 15) is 9.59 Å². The van der Waals surface area contributed by atoms with Crippen LogP contribution >= 0.6 is 0 Å². The third-order valence-electron chi connectivity index (χ3n) is 2.49. The van der Waals surface area contributed by atoms with Crippen molar-refractivity contribution in [3.8, 4) is 0 Å². The molecule has 1 amide bonds. The van der Waals surface area contributed by atoms with E-state index >= 15 is 0 Å². The number of carbonyl (C=O) groups is 2. The van der Waals surface area contributed by atoms with E-state index < -0.39 is 12.1 Å². The minimum absolute atomic E-state index is 0.00759. The first-order valence-electron chi connectivity index (χ1n) is 5.53. The van der Waals surface area contributed by atoms with Crippen molar-refractivity contribution in [1.82, 2.24) is 5.32 Å². The zero-order valence-corrected chi connectivity index (χ0v) is 11.0. The van der Waals surface area contributed by atoms with Crippen molar-refractivity contribution in [2.45, 2.75) is 26.8 Å². The second kappa shape index (κ2) is 7.70. The molecule has 0 saturated carbocycles. The lowest BCUT2D eigenvalue weighted by atomic mass is 9.91. The van der Waals surface area contributed by atoms with Crippen LogP contribution in [0.25, 0.3) is 0 Å². The first-order chi connectivity index (χ1) is 7.92. The van der Waals surface area contributed by atoms with E-state index in [1.807, 2.05) is 20.8 Å². The molecule has 0 aliphatic heterocycles. The van der Waals surface area contributed by atoms with Gasteiger partial charge in [0, 0.05) is 12.1 Å². The van der Waals surface area contributed by atoms with E-state index in [0.717, 1.165) is 0 Å². The van der Waals surface area contributed by atoms with Crippen LogP contribution in [0.5, 0.6) is 0 Å². The van der Waals surface area contributed by atoms with Gasteiger partial charge in [-0.1, -0.05) is 26.8 Å². The Hall–Kier alpha value is -1.52. The van der Waals surface area contributed by atoms with Crippen molar-refractivity contribution in [3.63, 3.8) is 0 Å². The lowest BCUT2D eigenvalue weighted by molar-refractivity contribution is -0.134. The molecule has 5 nitrogen and oxygen atoms in total. The van der Waals surface area contributed by atoms with E-state index in [1.165, 1.54) is 20.3 Å². The SMILES string of the molecule is COC(=O)/C=C/[C@@H](C)[C@H](NC(=O)OC)C(C)C. The minimum Gasteiger partial charge on any atom is -0.466 e. The van der Waals surface area contributed by atoms with Crippen molar-refractivity contribution in [1.29, 1.82) is 0 Å². The minimum atomic E-state index is -0.470. The van der Waals surface area contributed by atoms with E-state index in [0.29, 0.717) is 0 Å². The Morgan fingerprint density at radius 1 is 1.12 bits per heavy atom. The summed E-state index contributed by atoms with van der Waals surface area (Å²) in [4.78, 5) is 22.1. The van der Waals surface area contributed by atoms with Crippen LogP contribution in [0, 0.1) is 11.8 Å². The molecule has 0 fully saturated rings. The number of hydrogen-bond donors (Lipinski definition) is 1. The topological polar surface area (TPSA) is 64.6 Å². The molecule has 5 heteroatoms. The largest absolute Gasteiger partial charge is 0.466 e. The summed E-state index contributed by atoms with van der Waals surface area (Å²) in [6.07, 6.45) is 2.60. The number of amides is 1. The van der Waals surface area contributed by atoms with Gasteiger partial charge in [0.25, 0.3) is 0 Å². The predicted molar refractivity (Wildman–Crippen MR) is 64.5 cm³/mol. The molecule has 0 bridgehead atoms. The molecule has 0 aliphatic carbocycles. The number of ether oxygens (including phenoxy) is 2. The zero-order chi connectivity index (χ0) is 13.4. The molecule has 0 saturated heterocycles. The van der Waals surface area contributed by atoms with Crippen LogP contribution < -0.4 is 5.32 Å². The molecule has 0 unspecified atom stereocenters. The Bertz CT molecular complexity index is 286. The van der Waals surface area contributed by atoms with Crippen LogP contribution in [0.2, 0.25) is 0 Å². The quantitative estimate of drug-likeness (QED) is 0.590. The standard InChI is InChI=1S/C12H21NO4/c1-8(2)11(13-12(15)17-5)9(3)6-7-10(14)16-4/h6-9,11H,1-5H3,(H,13,15)/b7-6+/t9-,11-/m1/s1. The lowest BCUT2D eigenvalue weighted by Gasteiger charge is -2.25. The Kier molecular flexibility index (Phi) is 7.02. The predicted octanol–water partition coefficient (Wildman–Crippen LogP) is 1.73. The van der Waals surface area contributed by atoms with Crippen LogP contribution in [0.1, 0.15) is 20.8 Å². The van der Waals surface area contributed by atoms with E-state index in [1.54, 1.807) is 6.08 Å². The van der Waals surface area contributed by atoms with Gasteiger partial charge >= 0.3 is 12.1 Å². The van der Waals surface area contributed by atoms with Crippen molar-refractivity contribution in [2.24, 2.45) is 11.8 Å². The number of nitrogens with one attached hydrogen (secondary N) is 1. The van der Waals surface area contributed by atoms with Gasteiger partial charge in [0.05, 0.1) is 14.2 Å². The highest BCUT2D eigenvalue weighted by Crippen LogP contribution is 2.14. The number of hydrogen-bond acceptors (Lipinski definition) is 4. The van der Waals surface area contributed by atoms with Crippen molar-refractivity contribution >= 4 is 12.1 Å². The molecule has 0 aliphatic rings. The van der Waals surface area contributed by atoms with Crippen LogP contribution in [0.4, 0.5) is 4.79 Å². The molecule has 0 spiro atoms. The second-order valence-corrected chi connectivity index (χ2v) is 4.15. The fraction of sp³-hybridized carbons (Fsp3) is 0.667. The average molecular weight is 243 g/mol. The van der Waals surface area contributed by atoms with Crippen molar-refractivity contribution < 1.29 is 19.1 Å². The highest BCUT2D eigenvalue weighted by Gasteiger charge is 2.21. The van der Waals surface area contributed by atoms with Gasteiger partial charge < -0.3 is 14.8 Å². The number of alkyl carbamates (subject to hydrolysis) is 1. The first-order valence-corrected chi connectivity index (χ1v) is 5.53. The Balaban J connectivity index is 4.54. The van der Waals surface area contributed by atoms with Crippen molar-refractivity contribution in [2.75, 3.05) is 14.2 Å². The molecule has 17 heavy (non-hydrogen) atoms. The number of methoxy groups -OCH3 is 2.